The van der Waals surface area contributed by atoms with Crippen LogP contribution >= 0.6 is 22.7 Å². The van der Waals surface area contributed by atoms with Crippen molar-refractivity contribution >= 4 is 49.6 Å². The molecule has 0 radical (unpaired) electrons. The van der Waals surface area contributed by atoms with E-state index in [9.17, 15) is 9.59 Å². The Bertz CT molecular complexity index is 1330. The van der Waals surface area contributed by atoms with E-state index >= 15 is 0 Å². The quantitative estimate of drug-likeness (QED) is 0.455. The molecule has 3 aromatic heterocycles. The summed E-state index contributed by atoms with van der Waals surface area (Å²) >= 11 is 2.92. The number of thiophene rings is 1. The molecule has 1 aromatic carbocycles. The first-order valence-electron chi connectivity index (χ1n) is 9.53. The second-order valence-electron chi connectivity index (χ2n) is 7.39. The van der Waals surface area contributed by atoms with Crippen LogP contribution in [0.25, 0.3) is 10.2 Å². The molecule has 6 nitrogen and oxygen atoms in total. The smallest absolute Gasteiger partial charge is 0.262 e. The standard InChI is InChI=1S/C22H22N4O2S2/c1-12-6-7-18(8-13(12)2)26(16(5)27)22-24-17(10-29-22)9-25-11-23-20-19(21(25)28)14(3)15(4)30-20/h6-8,10-11H,9H2,1-5H3. The molecule has 3 heterocycles. The van der Waals surface area contributed by atoms with Crippen molar-refractivity contribution in [2.24, 2.45) is 0 Å². The van der Waals surface area contributed by atoms with Gasteiger partial charge < -0.3 is 0 Å². The lowest BCUT2D eigenvalue weighted by Crippen LogP contribution is -2.23. The minimum atomic E-state index is -0.108. The molecule has 0 aliphatic carbocycles. The molecule has 0 aliphatic heterocycles. The summed E-state index contributed by atoms with van der Waals surface area (Å²) in [7, 11) is 0. The number of hydrogen-bond acceptors (Lipinski definition) is 6. The molecule has 0 N–H and O–H groups in total. The molecule has 0 aliphatic rings. The third-order valence-electron chi connectivity index (χ3n) is 5.28. The zero-order valence-corrected chi connectivity index (χ0v) is 19.1. The molecule has 0 saturated carbocycles. The average molecular weight is 439 g/mol. The second-order valence-corrected chi connectivity index (χ2v) is 9.43. The topological polar surface area (TPSA) is 68.1 Å². The van der Waals surface area contributed by atoms with Gasteiger partial charge in [-0.05, 0) is 56.5 Å². The lowest BCUT2D eigenvalue weighted by molar-refractivity contribution is -0.115. The van der Waals surface area contributed by atoms with Crippen LogP contribution in [0.3, 0.4) is 0 Å². The van der Waals surface area contributed by atoms with Gasteiger partial charge in [-0.1, -0.05) is 6.07 Å². The van der Waals surface area contributed by atoms with Crippen molar-refractivity contribution in [2.75, 3.05) is 4.90 Å². The maximum absolute atomic E-state index is 12.9. The van der Waals surface area contributed by atoms with Crippen LogP contribution < -0.4 is 10.5 Å². The van der Waals surface area contributed by atoms with Crippen molar-refractivity contribution in [3.8, 4) is 0 Å². The SMILES string of the molecule is CC(=O)N(c1ccc(C)c(C)c1)c1nc(Cn2cnc3sc(C)c(C)c3c2=O)cs1. The van der Waals surface area contributed by atoms with E-state index in [1.807, 2.05) is 51.3 Å². The fourth-order valence-electron chi connectivity index (χ4n) is 3.32. The third kappa shape index (κ3) is 3.57. The highest BCUT2D eigenvalue weighted by molar-refractivity contribution is 7.18. The molecular weight excluding hydrogens is 416 g/mol. The third-order valence-corrected chi connectivity index (χ3v) is 7.27. The normalized spacial score (nSPS) is 11.2. The van der Waals surface area contributed by atoms with Crippen LogP contribution in [0.2, 0.25) is 0 Å². The van der Waals surface area contributed by atoms with Gasteiger partial charge in [0.25, 0.3) is 5.56 Å². The molecule has 4 aromatic rings. The summed E-state index contributed by atoms with van der Waals surface area (Å²) in [4.78, 5) is 37.9. The Morgan fingerprint density at radius 2 is 1.93 bits per heavy atom. The van der Waals surface area contributed by atoms with E-state index < -0.39 is 0 Å². The number of aromatic nitrogens is 3. The number of thiazole rings is 1. The predicted octanol–water partition coefficient (Wildman–Crippen LogP) is 4.88. The zero-order valence-electron chi connectivity index (χ0n) is 17.5. The number of nitrogens with zero attached hydrogens (tertiary/aromatic N) is 4. The fraction of sp³-hybridized carbons (Fsp3) is 0.273. The summed E-state index contributed by atoms with van der Waals surface area (Å²) in [5.41, 5.74) is 4.72. The van der Waals surface area contributed by atoms with Gasteiger partial charge in [-0.2, -0.15) is 0 Å². The van der Waals surface area contributed by atoms with Crippen molar-refractivity contribution in [3.63, 3.8) is 0 Å². The Kier molecular flexibility index (Phi) is 5.29. The maximum atomic E-state index is 12.9. The molecule has 0 saturated heterocycles. The lowest BCUT2D eigenvalue weighted by Gasteiger charge is -2.19. The van der Waals surface area contributed by atoms with Crippen LogP contribution in [-0.4, -0.2) is 20.4 Å². The highest BCUT2D eigenvalue weighted by atomic mass is 32.1. The Morgan fingerprint density at radius 1 is 1.17 bits per heavy atom. The first kappa shape index (κ1) is 20.4. The number of aryl methyl sites for hydroxylation is 4. The van der Waals surface area contributed by atoms with Gasteiger partial charge in [0, 0.05) is 17.2 Å². The molecule has 0 bridgehead atoms. The highest BCUT2D eigenvalue weighted by Crippen LogP contribution is 2.30. The van der Waals surface area contributed by atoms with E-state index in [0.29, 0.717) is 17.1 Å². The van der Waals surface area contributed by atoms with Crippen LogP contribution in [-0.2, 0) is 11.3 Å². The van der Waals surface area contributed by atoms with Gasteiger partial charge in [0.1, 0.15) is 4.83 Å². The molecular formula is C22H22N4O2S2. The van der Waals surface area contributed by atoms with Crippen molar-refractivity contribution in [1.82, 2.24) is 14.5 Å². The Hall–Kier alpha value is -2.84. The fourth-order valence-corrected chi connectivity index (χ4v) is 5.19. The molecule has 0 unspecified atom stereocenters. The minimum Gasteiger partial charge on any atom is -0.293 e. The van der Waals surface area contributed by atoms with Crippen LogP contribution in [0, 0.1) is 27.7 Å². The van der Waals surface area contributed by atoms with Crippen LogP contribution in [0.15, 0.2) is 34.7 Å². The number of benzene rings is 1. The van der Waals surface area contributed by atoms with Gasteiger partial charge in [0.05, 0.1) is 29.6 Å². The predicted molar refractivity (Wildman–Crippen MR) is 123 cm³/mol. The highest BCUT2D eigenvalue weighted by Gasteiger charge is 2.19. The molecule has 0 fully saturated rings. The van der Waals surface area contributed by atoms with Crippen LogP contribution in [0.4, 0.5) is 10.8 Å². The molecule has 30 heavy (non-hydrogen) atoms. The molecule has 4 rings (SSSR count). The number of carbonyl (C=O) groups excluding carboxylic acids is 1. The van der Waals surface area contributed by atoms with Gasteiger partial charge in [-0.3, -0.25) is 19.1 Å². The minimum absolute atomic E-state index is 0.0611. The van der Waals surface area contributed by atoms with Gasteiger partial charge >= 0.3 is 0 Å². The lowest BCUT2D eigenvalue weighted by atomic mass is 10.1. The molecule has 1 amide bonds. The molecule has 8 heteroatoms. The summed E-state index contributed by atoms with van der Waals surface area (Å²) < 4.78 is 1.58. The average Bonchev–Trinajstić information content (AvgIpc) is 3.25. The summed E-state index contributed by atoms with van der Waals surface area (Å²) in [5, 5.41) is 3.15. The van der Waals surface area contributed by atoms with Gasteiger partial charge in [-0.15, -0.1) is 22.7 Å². The second kappa shape index (κ2) is 7.77. The van der Waals surface area contributed by atoms with Crippen molar-refractivity contribution in [1.29, 1.82) is 0 Å². The Labute approximate surface area is 182 Å². The van der Waals surface area contributed by atoms with E-state index in [4.69, 9.17) is 0 Å². The summed E-state index contributed by atoms with van der Waals surface area (Å²) in [6.45, 7) is 9.86. The number of carbonyl (C=O) groups is 1. The summed E-state index contributed by atoms with van der Waals surface area (Å²) in [6.07, 6.45) is 1.57. The monoisotopic (exact) mass is 438 g/mol. The van der Waals surface area contributed by atoms with Crippen molar-refractivity contribution in [3.05, 3.63) is 67.5 Å². The number of hydrogen-bond donors (Lipinski definition) is 0. The van der Waals surface area contributed by atoms with Gasteiger partial charge in [-0.25, -0.2) is 9.97 Å². The summed E-state index contributed by atoms with van der Waals surface area (Å²) in [6, 6.07) is 5.91. The van der Waals surface area contributed by atoms with Gasteiger partial charge in [0.2, 0.25) is 5.91 Å². The number of fused-ring (bicyclic) bond motifs is 1. The van der Waals surface area contributed by atoms with E-state index in [-0.39, 0.29) is 11.5 Å². The van der Waals surface area contributed by atoms with E-state index in [1.54, 1.807) is 15.8 Å². The largest absolute Gasteiger partial charge is 0.293 e. The van der Waals surface area contributed by atoms with Crippen LogP contribution in [0.5, 0.6) is 0 Å². The van der Waals surface area contributed by atoms with E-state index in [1.165, 1.54) is 35.2 Å². The number of amides is 1. The molecule has 0 spiro atoms. The Balaban J connectivity index is 1.68. The van der Waals surface area contributed by atoms with Gasteiger partial charge in [0.15, 0.2) is 5.13 Å². The summed E-state index contributed by atoms with van der Waals surface area (Å²) in [5.74, 6) is -0.108. The molecule has 154 valence electrons. The number of anilines is 2. The maximum Gasteiger partial charge on any atom is 0.262 e. The Morgan fingerprint density at radius 3 is 2.63 bits per heavy atom. The number of rotatable bonds is 4. The van der Waals surface area contributed by atoms with Crippen molar-refractivity contribution in [2.45, 2.75) is 41.2 Å². The van der Waals surface area contributed by atoms with Crippen molar-refractivity contribution < 1.29 is 4.79 Å². The first-order chi connectivity index (χ1) is 14.3. The first-order valence-corrected chi connectivity index (χ1v) is 11.2. The molecule has 0 atom stereocenters. The van der Waals surface area contributed by atoms with E-state index in [2.05, 4.69) is 9.97 Å². The van der Waals surface area contributed by atoms with Crippen LogP contribution in [0.1, 0.15) is 34.2 Å². The van der Waals surface area contributed by atoms with E-state index in [0.717, 1.165) is 32.2 Å². The zero-order chi connectivity index (χ0) is 21.6.